The SMILES string of the molecule is CCC1CCC(CC2CCCC3CCC3C2)CC1CC. The van der Waals surface area contributed by atoms with Crippen molar-refractivity contribution < 1.29 is 0 Å². The number of hydrogen-bond acceptors (Lipinski definition) is 0. The highest BCUT2D eigenvalue weighted by Crippen LogP contribution is 2.48. The average Bonchev–Trinajstić information content (AvgIpc) is 2.59. The summed E-state index contributed by atoms with van der Waals surface area (Å²) in [6.07, 6.45) is 18.6. The maximum atomic E-state index is 2.43. The van der Waals surface area contributed by atoms with E-state index in [1.807, 2.05) is 0 Å². The van der Waals surface area contributed by atoms with Gasteiger partial charge in [0.1, 0.15) is 0 Å². The van der Waals surface area contributed by atoms with Crippen molar-refractivity contribution in [3.05, 3.63) is 0 Å². The van der Waals surface area contributed by atoms with Crippen LogP contribution in [0, 0.1) is 35.5 Å². The summed E-state index contributed by atoms with van der Waals surface area (Å²) in [5, 5.41) is 0. The molecular weight excluding hydrogens is 240 g/mol. The Hall–Kier alpha value is 0. The van der Waals surface area contributed by atoms with Gasteiger partial charge in [0.2, 0.25) is 0 Å². The smallest absolute Gasteiger partial charge is 0.0383 e. The molecule has 6 atom stereocenters. The lowest BCUT2D eigenvalue weighted by Gasteiger charge is -2.39. The van der Waals surface area contributed by atoms with Crippen LogP contribution in [0.4, 0.5) is 0 Å². The van der Waals surface area contributed by atoms with E-state index in [0.717, 1.165) is 35.5 Å². The average molecular weight is 277 g/mol. The second-order valence-corrected chi connectivity index (χ2v) is 8.38. The molecule has 0 heterocycles. The summed E-state index contributed by atoms with van der Waals surface area (Å²) in [4.78, 5) is 0. The molecule has 0 aromatic rings. The Balaban J connectivity index is 1.50. The molecule has 0 spiro atoms. The van der Waals surface area contributed by atoms with Crippen LogP contribution >= 0.6 is 0 Å². The molecule has 0 radical (unpaired) electrons. The molecule has 6 unspecified atom stereocenters. The van der Waals surface area contributed by atoms with Gasteiger partial charge in [-0.2, -0.15) is 0 Å². The first-order valence-corrected chi connectivity index (χ1v) is 9.80. The Morgan fingerprint density at radius 1 is 0.650 bits per heavy atom. The molecule has 0 bridgehead atoms. The fraction of sp³-hybridized carbons (Fsp3) is 1.00. The lowest BCUT2D eigenvalue weighted by molar-refractivity contribution is 0.123. The van der Waals surface area contributed by atoms with Crippen LogP contribution in [0.25, 0.3) is 0 Å². The molecule has 3 fully saturated rings. The second kappa shape index (κ2) is 6.84. The van der Waals surface area contributed by atoms with E-state index >= 15 is 0 Å². The summed E-state index contributed by atoms with van der Waals surface area (Å²) in [5.74, 6) is 6.61. The van der Waals surface area contributed by atoms with Gasteiger partial charge in [-0.25, -0.2) is 0 Å². The molecule has 0 aliphatic heterocycles. The lowest BCUT2D eigenvalue weighted by Crippen LogP contribution is -2.28. The van der Waals surface area contributed by atoms with E-state index in [-0.39, 0.29) is 0 Å². The minimum Gasteiger partial charge on any atom is -0.0651 e. The minimum absolute atomic E-state index is 1.06. The van der Waals surface area contributed by atoms with E-state index in [1.54, 1.807) is 64.2 Å². The van der Waals surface area contributed by atoms with Crippen molar-refractivity contribution in [1.82, 2.24) is 0 Å². The fourth-order valence-corrected chi connectivity index (χ4v) is 5.90. The minimum atomic E-state index is 1.06. The predicted molar refractivity (Wildman–Crippen MR) is 87.7 cm³/mol. The molecule has 0 nitrogen and oxygen atoms in total. The third-order valence-corrected chi connectivity index (χ3v) is 7.36. The van der Waals surface area contributed by atoms with E-state index in [2.05, 4.69) is 13.8 Å². The van der Waals surface area contributed by atoms with Crippen LogP contribution in [0.2, 0.25) is 0 Å². The summed E-state index contributed by atoms with van der Waals surface area (Å²) >= 11 is 0. The molecule has 0 aromatic carbocycles. The molecular formula is C20H36. The van der Waals surface area contributed by atoms with Crippen molar-refractivity contribution in [3.8, 4) is 0 Å². The normalized spacial score (nSPS) is 45.3. The Labute approximate surface area is 127 Å². The topological polar surface area (TPSA) is 0 Å². The maximum absolute atomic E-state index is 2.43. The quantitative estimate of drug-likeness (QED) is 0.554. The molecule has 0 aromatic heterocycles. The molecule has 3 saturated carbocycles. The molecule has 0 N–H and O–H groups in total. The van der Waals surface area contributed by atoms with E-state index in [0.29, 0.717) is 0 Å². The Morgan fingerprint density at radius 3 is 2.10 bits per heavy atom. The van der Waals surface area contributed by atoms with Crippen molar-refractivity contribution >= 4 is 0 Å². The van der Waals surface area contributed by atoms with Gasteiger partial charge in [-0.1, -0.05) is 52.4 Å². The first kappa shape index (κ1) is 14.9. The molecule has 0 amide bonds. The molecule has 3 aliphatic rings. The van der Waals surface area contributed by atoms with Crippen molar-refractivity contribution in [2.24, 2.45) is 35.5 Å². The van der Waals surface area contributed by atoms with Crippen LogP contribution in [0.15, 0.2) is 0 Å². The van der Waals surface area contributed by atoms with Gasteiger partial charge in [0.15, 0.2) is 0 Å². The third-order valence-electron chi connectivity index (χ3n) is 7.36. The van der Waals surface area contributed by atoms with Crippen LogP contribution in [-0.2, 0) is 0 Å². The van der Waals surface area contributed by atoms with E-state index in [4.69, 9.17) is 0 Å². The highest BCUT2D eigenvalue weighted by atomic mass is 14.4. The third kappa shape index (κ3) is 3.25. The first-order valence-electron chi connectivity index (χ1n) is 9.80. The van der Waals surface area contributed by atoms with Crippen LogP contribution in [0.1, 0.15) is 90.9 Å². The maximum Gasteiger partial charge on any atom is -0.0383 e. The molecule has 20 heavy (non-hydrogen) atoms. The summed E-state index contributed by atoms with van der Waals surface area (Å²) in [6.45, 7) is 4.84. The zero-order valence-electron chi connectivity index (χ0n) is 13.9. The first-order chi connectivity index (χ1) is 9.80. The van der Waals surface area contributed by atoms with Gasteiger partial charge < -0.3 is 0 Å². The largest absolute Gasteiger partial charge is 0.0651 e. The van der Waals surface area contributed by atoms with Gasteiger partial charge in [0, 0.05) is 0 Å². The van der Waals surface area contributed by atoms with Crippen LogP contribution in [0.3, 0.4) is 0 Å². The summed E-state index contributed by atoms with van der Waals surface area (Å²) in [6, 6.07) is 0. The van der Waals surface area contributed by atoms with Gasteiger partial charge in [-0.05, 0) is 74.0 Å². The number of fused-ring (bicyclic) bond motifs is 1. The Kier molecular flexibility index (Phi) is 5.10. The predicted octanol–water partition coefficient (Wildman–Crippen LogP) is 6.45. The van der Waals surface area contributed by atoms with E-state index in [9.17, 15) is 0 Å². The van der Waals surface area contributed by atoms with Gasteiger partial charge >= 0.3 is 0 Å². The van der Waals surface area contributed by atoms with E-state index in [1.165, 1.54) is 12.8 Å². The van der Waals surface area contributed by atoms with Gasteiger partial charge in [-0.15, -0.1) is 0 Å². The zero-order chi connectivity index (χ0) is 13.9. The van der Waals surface area contributed by atoms with Crippen molar-refractivity contribution in [2.75, 3.05) is 0 Å². The summed E-state index contributed by atoms with van der Waals surface area (Å²) in [5.41, 5.74) is 0. The molecule has 0 heteroatoms. The molecule has 3 rings (SSSR count). The summed E-state index contributed by atoms with van der Waals surface area (Å²) < 4.78 is 0. The standard InChI is InChI=1S/C20H36/c1-3-17-9-8-16(13-18(17)4-2)12-15-6-5-7-19-10-11-20(19)14-15/h15-20H,3-14H2,1-2H3. The van der Waals surface area contributed by atoms with Gasteiger partial charge in [0.25, 0.3) is 0 Å². The number of rotatable bonds is 4. The highest BCUT2D eigenvalue weighted by molar-refractivity contribution is 4.87. The lowest BCUT2D eigenvalue weighted by atomic mass is 9.67. The molecule has 3 aliphatic carbocycles. The van der Waals surface area contributed by atoms with Crippen molar-refractivity contribution in [1.29, 1.82) is 0 Å². The Morgan fingerprint density at radius 2 is 1.40 bits per heavy atom. The van der Waals surface area contributed by atoms with Crippen molar-refractivity contribution in [2.45, 2.75) is 90.9 Å². The second-order valence-electron chi connectivity index (χ2n) is 8.38. The van der Waals surface area contributed by atoms with Crippen LogP contribution in [0.5, 0.6) is 0 Å². The van der Waals surface area contributed by atoms with Crippen LogP contribution < -0.4 is 0 Å². The Bertz CT molecular complexity index is 294. The molecule has 116 valence electrons. The van der Waals surface area contributed by atoms with Crippen LogP contribution in [-0.4, -0.2) is 0 Å². The van der Waals surface area contributed by atoms with Gasteiger partial charge in [0.05, 0.1) is 0 Å². The highest BCUT2D eigenvalue weighted by Gasteiger charge is 2.36. The van der Waals surface area contributed by atoms with Crippen molar-refractivity contribution in [3.63, 3.8) is 0 Å². The fourth-order valence-electron chi connectivity index (χ4n) is 5.90. The molecule has 0 saturated heterocycles. The van der Waals surface area contributed by atoms with Gasteiger partial charge in [-0.3, -0.25) is 0 Å². The zero-order valence-corrected chi connectivity index (χ0v) is 13.9. The monoisotopic (exact) mass is 276 g/mol. The number of hydrogen-bond donors (Lipinski definition) is 0. The van der Waals surface area contributed by atoms with E-state index < -0.39 is 0 Å². The summed E-state index contributed by atoms with van der Waals surface area (Å²) in [7, 11) is 0.